The number of fused-ring (bicyclic) bond motifs is 1. The minimum Gasteiger partial charge on any atom is -0.350 e. The predicted molar refractivity (Wildman–Crippen MR) is 95.6 cm³/mol. The molecule has 3 aromatic rings. The predicted octanol–water partition coefficient (Wildman–Crippen LogP) is 5.37. The average molecular weight is 305 g/mol. The van der Waals surface area contributed by atoms with Gasteiger partial charge in [0.05, 0.1) is 0 Å². The second-order valence-electron chi connectivity index (χ2n) is 6.05. The zero-order valence-electron chi connectivity index (χ0n) is 12.7. The Labute approximate surface area is 137 Å². The number of rotatable bonds is 2. The Balaban J connectivity index is 1.97. The molecule has 1 nitrogen and oxygen atoms in total. The maximum atomic E-state index is 4.72. The monoisotopic (exact) mass is 305 g/mol. The highest BCUT2D eigenvalue weighted by Gasteiger charge is 2.22. The van der Waals surface area contributed by atoms with Gasteiger partial charge < -0.3 is 4.57 Å². The number of aromatic nitrogens is 1. The SMILES string of the molecule is Cc1ccc(-c2cn3c(c2-c2ccccc2)CCC3)c(S)c1. The van der Waals surface area contributed by atoms with Crippen LogP contribution in [0.3, 0.4) is 0 Å². The largest absolute Gasteiger partial charge is 0.350 e. The van der Waals surface area contributed by atoms with Crippen molar-refractivity contribution in [2.75, 3.05) is 0 Å². The molecule has 0 saturated carbocycles. The van der Waals surface area contributed by atoms with Gasteiger partial charge in [-0.05, 0) is 42.5 Å². The minimum atomic E-state index is 1.06. The van der Waals surface area contributed by atoms with Crippen LogP contribution in [0.25, 0.3) is 22.3 Å². The highest BCUT2D eigenvalue weighted by Crippen LogP contribution is 2.41. The molecule has 1 aromatic heterocycles. The van der Waals surface area contributed by atoms with Crippen LogP contribution in [0.5, 0.6) is 0 Å². The fourth-order valence-corrected chi connectivity index (χ4v) is 3.88. The Hall–Kier alpha value is -1.93. The summed E-state index contributed by atoms with van der Waals surface area (Å²) in [7, 11) is 0. The number of benzene rings is 2. The van der Waals surface area contributed by atoms with Crippen LogP contribution >= 0.6 is 12.6 Å². The highest BCUT2D eigenvalue weighted by atomic mass is 32.1. The van der Waals surface area contributed by atoms with Gasteiger partial charge in [-0.15, -0.1) is 12.6 Å². The molecule has 0 saturated heterocycles. The topological polar surface area (TPSA) is 4.93 Å². The van der Waals surface area contributed by atoms with Crippen molar-refractivity contribution in [3.05, 3.63) is 66.0 Å². The van der Waals surface area contributed by atoms with E-state index in [1.54, 1.807) is 0 Å². The molecule has 0 N–H and O–H groups in total. The quantitative estimate of drug-likeness (QED) is 0.608. The van der Waals surface area contributed by atoms with Crippen LogP contribution in [0.15, 0.2) is 59.6 Å². The van der Waals surface area contributed by atoms with Crippen LogP contribution < -0.4 is 0 Å². The molecule has 0 atom stereocenters. The smallest absolute Gasteiger partial charge is 0.0260 e. The number of aryl methyl sites for hydroxylation is 2. The lowest BCUT2D eigenvalue weighted by atomic mass is 9.95. The van der Waals surface area contributed by atoms with Crippen molar-refractivity contribution < 1.29 is 0 Å². The Kier molecular flexibility index (Phi) is 3.34. The number of hydrogen-bond donors (Lipinski definition) is 1. The zero-order chi connectivity index (χ0) is 15.1. The minimum absolute atomic E-state index is 1.06. The summed E-state index contributed by atoms with van der Waals surface area (Å²) in [5, 5.41) is 0. The molecule has 110 valence electrons. The summed E-state index contributed by atoms with van der Waals surface area (Å²) in [6.07, 6.45) is 4.73. The third kappa shape index (κ3) is 2.19. The van der Waals surface area contributed by atoms with Crippen molar-refractivity contribution in [2.24, 2.45) is 0 Å². The maximum absolute atomic E-state index is 4.72. The molecule has 0 amide bonds. The lowest BCUT2D eigenvalue weighted by molar-refractivity contribution is 0.751. The normalized spacial score (nSPS) is 13.4. The van der Waals surface area contributed by atoms with E-state index in [0.717, 1.165) is 17.9 Å². The first-order valence-electron chi connectivity index (χ1n) is 7.81. The molecule has 2 aromatic carbocycles. The summed E-state index contributed by atoms with van der Waals surface area (Å²) < 4.78 is 2.42. The average Bonchev–Trinajstić information content (AvgIpc) is 3.08. The molecular weight excluding hydrogens is 286 g/mol. The third-order valence-electron chi connectivity index (χ3n) is 4.51. The molecule has 4 rings (SSSR count). The molecule has 2 heterocycles. The van der Waals surface area contributed by atoms with Crippen molar-refractivity contribution >= 4 is 12.6 Å². The van der Waals surface area contributed by atoms with Crippen LogP contribution in [0.2, 0.25) is 0 Å². The molecule has 22 heavy (non-hydrogen) atoms. The maximum Gasteiger partial charge on any atom is 0.0260 e. The zero-order valence-corrected chi connectivity index (χ0v) is 13.6. The Bertz CT molecular complexity index is 830. The standard InChI is InChI=1S/C20H19NS/c1-14-9-10-16(19(22)12-14)17-13-21-11-5-8-18(21)20(17)15-6-3-2-4-7-15/h2-4,6-7,9-10,12-13,22H,5,8,11H2,1H3. The molecule has 1 aliphatic heterocycles. The molecule has 0 aliphatic carbocycles. The van der Waals surface area contributed by atoms with Crippen LogP contribution in [0.1, 0.15) is 17.7 Å². The van der Waals surface area contributed by atoms with Crippen molar-refractivity contribution in [1.82, 2.24) is 4.57 Å². The first-order valence-corrected chi connectivity index (χ1v) is 8.26. The molecule has 0 radical (unpaired) electrons. The van der Waals surface area contributed by atoms with Gasteiger partial charge in [-0.1, -0.05) is 42.5 Å². The van der Waals surface area contributed by atoms with Crippen molar-refractivity contribution in [3.63, 3.8) is 0 Å². The van der Waals surface area contributed by atoms with E-state index in [9.17, 15) is 0 Å². The van der Waals surface area contributed by atoms with Crippen molar-refractivity contribution in [3.8, 4) is 22.3 Å². The van der Waals surface area contributed by atoms with Crippen molar-refractivity contribution in [1.29, 1.82) is 0 Å². The van der Waals surface area contributed by atoms with E-state index >= 15 is 0 Å². The van der Waals surface area contributed by atoms with E-state index in [0.29, 0.717) is 0 Å². The van der Waals surface area contributed by atoms with Crippen LogP contribution in [0.4, 0.5) is 0 Å². The number of thiol groups is 1. The summed E-state index contributed by atoms with van der Waals surface area (Å²) in [6, 6.07) is 17.3. The molecule has 0 unspecified atom stereocenters. The van der Waals surface area contributed by atoms with Gasteiger partial charge in [0.2, 0.25) is 0 Å². The van der Waals surface area contributed by atoms with Gasteiger partial charge in [-0.25, -0.2) is 0 Å². The Morgan fingerprint density at radius 2 is 1.82 bits per heavy atom. The van der Waals surface area contributed by atoms with Gasteiger partial charge in [-0.3, -0.25) is 0 Å². The molecule has 1 aliphatic rings. The van der Waals surface area contributed by atoms with Gasteiger partial charge >= 0.3 is 0 Å². The van der Waals surface area contributed by atoms with E-state index in [4.69, 9.17) is 12.6 Å². The first kappa shape index (κ1) is 13.7. The lowest BCUT2D eigenvalue weighted by Gasteiger charge is -2.10. The fourth-order valence-electron chi connectivity index (χ4n) is 3.48. The third-order valence-corrected chi connectivity index (χ3v) is 4.88. The van der Waals surface area contributed by atoms with Gasteiger partial charge in [0.15, 0.2) is 0 Å². The molecule has 0 spiro atoms. The Morgan fingerprint density at radius 1 is 1.00 bits per heavy atom. The molecule has 2 heteroatoms. The summed E-state index contributed by atoms with van der Waals surface area (Å²) in [5.41, 5.74) is 7.95. The van der Waals surface area contributed by atoms with Gasteiger partial charge in [0.25, 0.3) is 0 Å². The van der Waals surface area contributed by atoms with E-state index in [1.807, 2.05) is 0 Å². The molecular formula is C20H19NS. The number of hydrogen-bond acceptors (Lipinski definition) is 1. The summed E-state index contributed by atoms with van der Waals surface area (Å²) in [5.74, 6) is 0. The van der Waals surface area contributed by atoms with Gasteiger partial charge in [0.1, 0.15) is 0 Å². The summed E-state index contributed by atoms with van der Waals surface area (Å²) >= 11 is 4.72. The summed E-state index contributed by atoms with van der Waals surface area (Å²) in [6.45, 7) is 3.24. The lowest BCUT2D eigenvalue weighted by Crippen LogP contribution is -1.88. The second-order valence-corrected chi connectivity index (χ2v) is 6.53. The van der Waals surface area contributed by atoms with Crippen LogP contribution in [0, 0.1) is 6.92 Å². The van der Waals surface area contributed by atoms with E-state index in [1.165, 1.54) is 39.9 Å². The number of nitrogens with zero attached hydrogens (tertiary/aromatic N) is 1. The van der Waals surface area contributed by atoms with Gasteiger partial charge in [-0.2, -0.15) is 0 Å². The summed E-state index contributed by atoms with van der Waals surface area (Å²) in [4.78, 5) is 1.06. The van der Waals surface area contributed by atoms with E-state index in [-0.39, 0.29) is 0 Å². The van der Waals surface area contributed by atoms with Crippen LogP contribution in [-0.4, -0.2) is 4.57 Å². The van der Waals surface area contributed by atoms with E-state index < -0.39 is 0 Å². The fraction of sp³-hybridized carbons (Fsp3) is 0.200. The highest BCUT2D eigenvalue weighted by molar-refractivity contribution is 7.80. The van der Waals surface area contributed by atoms with Gasteiger partial charge in [0, 0.05) is 34.5 Å². The molecule has 0 bridgehead atoms. The van der Waals surface area contributed by atoms with Crippen LogP contribution in [-0.2, 0) is 13.0 Å². The molecule has 0 fully saturated rings. The second kappa shape index (κ2) is 5.36. The first-order chi connectivity index (χ1) is 10.7. The van der Waals surface area contributed by atoms with Crippen molar-refractivity contribution in [2.45, 2.75) is 31.2 Å². The van der Waals surface area contributed by atoms with E-state index in [2.05, 4.69) is 66.2 Å². The Morgan fingerprint density at radius 3 is 2.59 bits per heavy atom.